The van der Waals surface area contributed by atoms with Crippen LogP contribution in [0.25, 0.3) is 22.6 Å². The zero-order valence-corrected chi connectivity index (χ0v) is 27.5. The molecule has 3 aromatic carbocycles. The molecule has 42 heavy (non-hydrogen) atoms. The van der Waals surface area contributed by atoms with E-state index in [1.165, 1.54) is 0 Å². The minimum Gasteiger partial charge on any atom is -0.361 e. The topological polar surface area (TPSA) is 68.2 Å². The second-order valence-electron chi connectivity index (χ2n) is 12.5. The number of carbonyl (C=O) groups excluding carboxylic acids is 1. The standard InChI is InChI=1S/C34H43ClN4O2Si/c1-23(2)26-17-13-18-27(24(3)4)30(26)37-34(40)38-33-31(28-16-11-12-19-29(28)35)36-32(25-14-9-8-10-15-25)39(33)22-41-20-21-42(5,6)7/h8-19,23-24H,20-22H2,1-7H3,(H2,37,38,40). The number of urea groups is 1. The first kappa shape index (κ1) is 31.5. The van der Waals surface area contributed by atoms with Crippen LogP contribution in [0.2, 0.25) is 30.7 Å². The van der Waals surface area contributed by atoms with Gasteiger partial charge >= 0.3 is 6.03 Å². The van der Waals surface area contributed by atoms with Crippen molar-refractivity contribution in [3.05, 3.63) is 88.9 Å². The monoisotopic (exact) mass is 602 g/mol. The number of anilines is 2. The van der Waals surface area contributed by atoms with E-state index >= 15 is 0 Å². The number of imidazole rings is 1. The second-order valence-corrected chi connectivity index (χ2v) is 18.5. The summed E-state index contributed by atoms with van der Waals surface area (Å²) < 4.78 is 8.17. The summed E-state index contributed by atoms with van der Waals surface area (Å²) in [6.45, 7) is 16.4. The van der Waals surface area contributed by atoms with Gasteiger partial charge in [0.2, 0.25) is 0 Å². The molecule has 0 aliphatic rings. The molecule has 6 nitrogen and oxygen atoms in total. The van der Waals surface area contributed by atoms with Gasteiger partial charge in [0.05, 0.1) is 5.02 Å². The molecule has 0 bridgehead atoms. The lowest BCUT2D eigenvalue weighted by Crippen LogP contribution is -2.25. The Morgan fingerprint density at radius 2 is 1.50 bits per heavy atom. The highest BCUT2D eigenvalue weighted by atomic mass is 35.5. The molecular weight excluding hydrogens is 560 g/mol. The molecular formula is C34H43ClN4O2Si. The Bertz CT molecular complexity index is 1480. The van der Waals surface area contributed by atoms with Crippen molar-refractivity contribution in [3.8, 4) is 22.6 Å². The molecule has 4 aromatic rings. The summed E-state index contributed by atoms with van der Waals surface area (Å²) in [5.41, 5.74) is 5.27. The molecule has 0 unspecified atom stereocenters. The minimum atomic E-state index is -1.29. The lowest BCUT2D eigenvalue weighted by Gasteiger charge is -2.21. The van der Waals surface area contributed by atoms with Gasteiger partial charge in [-0.2, -0.15) is 0 Å². The molecule has 0 saturated heterocycles. The fourth-order valence-electron chi connectivity index (χ4n) is 4.84. The van der Waals surface area contributed by atoms with Crippen molar-refractivity contribution in [2.24, 2.45) is 0 Å². The fourth-order valence-corrected chi connectivity index (χ4v) is 5.82. The van der Waals surface area contributed by atoms with E-state index in [0.717, 1.165) is 34.0 Å². The summed E-state index contributed by atoms with van der Waals surface area (Å²) in [5, 5.41) is 6.89. The van der Waals surface area contributed by atoms with E-state index in [4.69, 9.17) is 21.3 Å². The Hall–Kier alpha value is -3.39. The minimum absolute atomic E-state index is 0.238. The predicted molar refractivity (Wildman–Crippen MR) is 179 cm³/mol. The lowest BCUT2D eigenvalue weighted by atomic mass is 9.93. The van der Waals surface area contributed by atoms with Crippen molar-refractivity contribution in [1.82, 2.24) is 9.55 Å². The summed E-state index contributed by atoms with van der Waals surface area (Å²) >= 11 is 6.69. The number of aromatic nitrogens is 2. The van der Waals surface area contributed by atoms with E-state index in [-0.39, 0.29) is 24.6 Å². The van der Waals surface area contributed by atoms with Crippen molar-refractivity contribution in [2.45, 2.75) is 71.9 Å². The van der Waals surface area contributed by atoms with E-state index in [1.807, 2.05) is 59.2 Å². The Morgan fingerprint density at radius 3 is 2.10 bits per heavy atom. The molecule has 1 heterocycles. The second kappa shape index (κ2) is 13.7. The van der Waals surface area contributed by atoms with Gasteiger partial charge in [-0.15, -0.1) is 0 Å². The van der Waals surface area contributed by atoms with Gasteiger partial charge in [-0.1, -0.05) is 126 Å². The third-order valence-electron chi connectivity index (χ3n) is 7.19. The van der Waals surface area contributed by atoms with Crippen molar-refractivity contribution < 1.29 is 9.53 Å². The van der Waals surface area contributed by atoms with Gasteiger partial charge < -0.3 is 10.1 Å². The Morgan fingerprint density at radius 1 is 0.881 bits per heavy atom. The van der Waals surface area contributed by atoms with Crippen molar-refractivity contribution in [3.63, 3.8) is 0 Å². The van der Waals surface area contributed by atoms with Gasteiger partial charge in [-0.05, 0) is 35.1 Å². The quantitative estimate of drug-likeness (QED) is 0.132. The molecule has 0 saturated carbocycles. The number of amides is 2. The van der Waals surface area contributed by atoms with Crippen LogP contribution in [0.15, 0.2) is 72.8 Å². The fraction of sp³-hybridized carbons (Fsp3) is 0.353. The van der Waals surface area contributed by atoms with Crippen LogP contribution in [0, 0.1) is 0 Å². The maximum absolute atomic E-state index is 13.8. The highest BCUT2D eigenvalue weighted by Gasteiger charge is 2.24. The maximum atomic E-state index is 13.8. The van der Waals surface area contributed by atoms with Crippen molar-refractivity contribution in [2.75, 3.05) is 17.2 Å². The van der Waals surface area contributed by atoms with Crippen LogP contribution in [0.3, 0.4) is 0 Å². The van der Waals surface area contributed by atoms with Gasteiger partial charge in [-0.3, -0.25) is 9.88 Å². The highest BCUT2D eigenvalue weighted by molar-refractivity contribution is 6.76. The summed E-state index contributed by atoms with van der Waals surface area (Å²) in [7, 11) is -1.29. The molecule has 8 heteroatoms. The van der Waals surface area contributed by atoms with Crippen LogP contribution in [0.5, 0.6) is 0 Å². The molecule has 0 atom stereocenters. The number of halogens is 1. The molecule has 0 aliphatic heterocycles. The number of carbonyl (C=O) groups is 1. The predicted octanol–water partition coefficient (Wildman–Crippen LogP) is 10.1. The van der Waals surface area contributed by atoms with E-state index < -0.39 is 8.07 Å². The number of hydrogen-bond acceptors (Lipinski definition) is 3. The Kier molecular flexibility index (Phi) is 10.3. The molecule has 0 radical (unpaired) electrons. The molecule has 0 spiro atoms. The summed E-state index contributed by atoms with van der Waals surface area (Å²) in [6, 6.07) is 24.4. The van der Waals surface area contributed by atoms with E-state index in [2.05, 4.69) is 76.2 Å². The number of benzene rings is 3. The van der Waals surface area contributed by atoms with Crippen LogP contribution < -0.4 is 10.6 Å². The number of nitrogens with one attached hydrogen (secondary N) is 2. The zero-order chi connectivity index (χ0) is 30.4. The molecule has 0 aliphatic carbocycles. The zero-order valence-electron chi connectivity index (χ0n) is 25.8. The Labute approximate surface area is 256 Å². The lowest BCUT2D eigenvalue weighted by molar-refractivity contribution is 0.0896. The van der Waals surface area contributed by atoms with E-state index in [1.54, 1.807) is 0 Å². The summed E-state index contributed by atoms with van der Waals surface area (Å²) in [5.74, 6) is 1.71. The van der Waals surface area contributed by atoms with Gasteiger partial charge in [0.15, 0.2) is 0 Å². The van der Waals surface area contributed by atoms with Crippen LogP contribution >= 0.6 is 11.6 Å². The first-order valence-corrected chi connectivity index (χ1v) is 18.7. The number of rotatable bonds is 11. The summed E-state index contributed by atoms with van der Waals surface area (Å²) in [4.78, 5) is 18.9. The molecule has 0 fully saturated rings. The van der Waals surface area contributed by atoms with Crippen molar-refractivity contribution in [1.29, 1.82) is 0 Å². The highest BCUT2D eigenvalue weighted by Crippen LogP contribution is 2.37. The average Bonchev–Trinajstić information content (AvgIpc) is 3.28. The number of para-hydroxylation sites is 1. The van der Waals surface area contributed by atoms with Crippen LogP contribution in [0.4, 0.5) is 16.3 Å². The number of hydrogen-bond donors (Lipinski definition) is 2. The van der Waals surface area contributed by atoms with Crippen LogP contribution in [-0.2, 0) is 11.5 Å². The molecule has 2 amide bonds. The largest absolute Gasteiger partial charge is 0.361 e. The molecule has 4 rings (SSSR count). The normalized spacial score (nSPS) is 11.8. The third kappa shape index (κ3) is 7.71. The molecule has 2 N–H and O–H groups in total. The SMILES string of the molecule is CC(C)c1cccc(C(C)C)c1NC(=O)Nc1c(-c2ccccc2Cl)nc(-c2ccccc2)n1COCC[Si](C)(C)C. The number of nitrogens with zero attached hydrogens (tertiary/aromatic N) is 2. The van der Waals surface area contributed by atoms with Gasteiger partial charge in [-0.25, -0.2) is 9.78 Å². The summed E-state index contributed by atoms with van der Waals surface area (Å²) in [6.07, 6.45) is 0. The van der Waals surface area contributed by atoms with E-state index in [0.29, 0.717) is 29.0 Å². The number of ether oxygens (including phenoxy) is 1. The Balaban J connectivity index is 1.80. The average molecular weight is 603 g/mol. The van der Waals surface area contributed by atoms with Crippen LogP contribution in [0.1, 0.15) is 50.7 Å². The molecule has 1 aromatic heterocycles. The first-order valence-electron chi connectivity index (χ1n) is 14.7. The maximum Gasteiger partial charge on any atom is 0.324 e. The van der Waals surface area contributed by atoms with E-state index in [9.17, 15) is 4.79 Å². The smallest absolute Gasteiger partial charge is 0.324 e. The third-order valence-corrected chi connectivity index (χ3v) is 9.22. The first-order chi connectivity index (χ1) is 20.0. The molecule has 222 valence electrons. The van der Waals surface area contributed by atoms with Gasteiger partial charge in [0, 0.05) is 31.5 Å². The van der Waals surface area contributed by atoms with Gasteiger partial charge in [0.25, 0.3) is 0 Å². The van der Waals surface area contributed by atoms with Gasteiger partial charge in [0.1, 0.15) is 24.1 Å². The van der Waals surface area contributed by atoms with Crippen LogP contribution in [-0.4, -0.2) is 30.3 Å². The van der Waals surface area contributed by atoms with Crippen molar-refractivity contribution >= 4 is 37.2 Å².